The molecule has 2 atom stereocenters. The topological polar surface area (TPSA) is 60.8 Å². The van der Waals surface area contributed by atoms with Gasteiger partial charge in [-0.25, -0.2) is 0 Å². The van der Waals surface area contributed by atoms with Crippen LogP contribution in [0, 0.1) is 0 Å². The molecule has 0 radical (unpaired) electrons. The fourth-order valence-corrected chi connectivity index (χ4v) is 2.42. The number of nitrogens with zero attached hydrogens (tertiary/aromatic N) is 1. The number of aliphatic hydroxyl groups excluding tert-OH is 1. The molecule has 4 heteroatoms. The highest BCUT2D eigenvalue weighted by Crippen LogP contribution is 2.32. The third kappa shape index (κ3) is 2.26. The number of carbonyl (C=O) groups is 1. The SMILES string of the molecule is CCN1C(=O)CCC(O)C1c1cccc(O)c1. The quantitative estimate of drug-likeness (QED) is 0.815. The minimum Gasteiger partial charge on any atom is -0.508 e. The molecule has 1 aliphatic rings. The molecule has 1 saturated heterocycles. The molecule has 0 spiro atoms. The molecule has 2 N–H and O–H groups in total. The van der Waals surface area contributed by atoms with Crippen molar-refractivity contribution in [2.24, 2.45) is 0 Å². The van der Waals surface area contributed by atoms with Crippen molar-refractivity contribution in [2.45, 2.75) is 31.9 Å². The van der Waals surface area contributed by atoms with E-state index in [4.69, 9.17) is 0 Å². The molecule has 0 aromatic heterocycles. The second-order valence-electron chi connectivity index (χ2n) is 4.33. The molecule has 1 aromatic rings. The summed E-state index contributed by atoms with van der Waals surface area (Å²) in [5.41, 5.74) is 0.785. The van der Waals surface area contributed by atoms with Crippen LogP contribution in [0.15, 0.2) is 24.3 Å². The van der Waals surface area contributed by atoms with Crippen molar-refractivity contribution in [2.75, 3.05) is 6.54 Å². The zero-order valence-corrected chi connectivity index (χ0v) is 9.84. The van der Waals surface area contributed by atoms with Gasteiger partial charge in [0.1, 0.15) is 5.75 Å². The predicted molar refractivity (Wildman–Crippen MR) is 63.5 cm³/mol. The molecule has 1 heterocycles. The summed E-state index contributed by atoms with van der Waals surface area (Å²) < 4.78 is 0. The van der Waals surface area contributed by atoms with Gasteiger partial charge >= 0.3 is 0 Å². The maximum atomic E-state index is 11.8. The smallest absolute Gasteiger partial charge is 0.223 e. The Morgan fingerprint density at radius 3 is 2.88 bits per heavy atom. The van der Waals surface area contributed by atoms with Gasteiger partial charge in [0.2, 0.25) is 5.91 Å². The number of aromatic hydroxyl groups is 1. The lowest BCUT2D eigenvalue weighted by Gasteiger charge is -2.38. The largest absolute Gasteiger partial charge is 0.508 e. The van der Waals surface area contributed by atoms with Crippen molar-refractivity contribution >= 4 is 5.91 Å². The number of hydrogen-bond donors (Lipinski definition) is 2. The van der Waals surface area contributed by atoms with Crippen LogP contribution in [0.4, 0.5) is 0 Å². The van der Waals surface area contributed by atoms with E-state index in [-0.39, 0.29) is 17.7 Å². The molecular formula is C13H17NO3. The van der Waals surface area contributed by atoms with Crippen molar-refractivity contribution in [3.63, 3.8) is 0 Å². The summed E-state index contributed by atoms with van der Waals surface area (Å²) in [6.45, 7) is 2.46. The number of likely N-dealkylation sites (tertiary alicyclic amines) is 1. The molecule has 92 valence electrons. The number of rotatable bonds is 2. The molecule has 1 aromatic carbocycles. The lowest BCUT2D eigenvalue weighted by atomic mass is 9.92. The Kier molecular flexibility index (Phi) is 3.33. The van der Waals surface area contributed by atoms with E-state index in [9.17, 15) is 15.0 Å². The zero-order valence-electron chi connectivity index (χ0n) is 9.84. The number of likely N-dealkylation sites (N-methyl/N-ethyl adjacent to an activating group) is 1. The van der Waals surface area contributed by atoms with E-state index in [1.807, 2.05) is 13.0 Å². The first-order valence-electron chi connectivity index (χ1n) is 5.90. The van der Waals surface area contributed by atoms with E-state index in [2.05, 4.69) is 0 Å². The van der Waals surface area contributed by atoms with E-state index in [1.165, 1.54) is 0 Å². The summed E-state index contributed by atoms with van der Waals surface area (Å²) in [4.78, 5) is 13.5. The highest BCUT2D eigenvalue weighted by atomic mass is 16.3. The van der Waals surface area contributed by atoms with Gasteiger partial charge in [-0.1, -0.05) is 12.1 Å². The third-order valence-electron chi connectivity index (χ3n) is 3.23. The van der Waals surface area contributed by atoms with Gasteiger partial charge in [-0.3, -0.25) is 4.79 Å². The van der Waals surface area contributed by atoms with Crippen molar-refractivity contribution in [3.8, 4) is 5.75 Å². The predicted octanol–water partition coefficient (Wildman–Crippen LogP) is 1.44. The first-order valence-corrected chi connectivity index (χ1v) is 5.90. The average molecular weight is 235 g/mol. The van der Waals surface area contributed by atoms with Crippen LogP contribution < -0.4 is 0 Å². The average Bonchev–Trinajstić information content (AvgIpc) is 2.31. The van der Waals surface area contributed by atoms with Gasteiger partial charge in [-0.15, -0.1) is 0 Å². The van der Waals surface area contributed by atoms with E-state index in [0.717, 1.165) is 5.56 Å². The standard InChI is InChI=1S/C13H17NO3/c1-2-14-12(17)7-6-11(16)13(14)9-4-3-5-10(15)8-9/h3-5,8,11,13,15-16H,2,6-7H2,1H3. The summed E-state index contributed by atoms with van der Waals surface area (Å²) in [6, 6.07) is 6.40. The minimum atomic E-state index is -0.561. The molecule has 2 rings (SSSR count). The van der Waals surface area contributed by atoms with E-state index in [1.54, 1.807) is 23.1 Å². The molecule has 0 aliphatic carbocycles. The van der Waals surface area contributed by atoms with Gasteiger partial charge < -0.3 is 15.1 Å². The first kappa shape index (κ1) is 11.9. The normalized spacial score (nSPS) is 25.1. The minimum absolute atomic E-state index is 0.0612. The number of amides is 1. The van der Waals surface area contributed by atoms with Crippen molar-refractivity contribution in [1.82, 2.24) is 4.90 Å². The molecule has 2 unspecified atom stereocenters. The van der Waals surface area contributed by atoms with Crippen LogP contribution in [0.1, 0.15) is 31.4 Å². The lowest BCUT2D eigenvalue weighted by molar-refractivity contribution is -0.141. The van der Waals surface area contributed by atoms with Crippen LogP contribution in [0.3, 0.4) is 0 Å². The Morgan fingerprint density at radius 1 is 1.47 bits per heavy atom. The number of benzene rings is 1. The number of carbonyl (C=O) groups excluding carboxylic acids is 1. The van der Waals surface area contributed by atoms with Crippen LogP contribution in [0.25, 0.3) is 0 Å². The second kappa shape index (κ2) is 4.75. The van der Waals surface area contributed by atoms with Crippen LogP contribution >= 0.6 is 0 Å². The molecule has 0 saturated carbocycles. The van der Waals surface area contributed by atoms with Gasteiger partial charge in [0.25, 0.3) is 0 Å². The van der Waals surface area contributed by atoms with Crippen LogP contribution in [0.5, 0.6) is 5.75 Å². The third-order valence-corrected chi connectivity index (χ3v) is 3.23. The van der Waals surface area contributed by atoms with Gasteiger partial charge in [-0.05, 0) is 31.0 Å². The summed E-state index contributed by atoms with van der Waals surface area (Å²) >= 11 is 0. The molecular weight excluding hydrogens is 218 g/mol. The van der Waals surface area contributed by atoms with Crippen LogP contribution in [-0.2, 0) is 4.79 Å². The Balaban J connectivity index is 2.35. The summed E-state index contributed by atoms with van der Waals surface area (Å²) in [6.07, 6.45) is 0.314. The van der Waals surface area contributed by atoms with Gasteiger partial charge in [0.05, 0.1) is 12.1 Å². The fourth-order valence-electron chi connectivity index (χ4n) is 2.42. The maximum Gasteiger partial charge on any atom is 0.223 e. The fraction of sp³-hybridized carbons (Fsp3) is 0.462. The van der Waals surface area contributed by atoms with E-state index < -0.39 is 6.10 Å². The summed E-state index contributed by atoms with van der Waals surface area (Å²) in [5, 5.41) is 19.5. The van der Waals surface area contributed by atoms with E-state index >= 15 is 0 Å². The number of aliphatic hydroxyl groups is 1. The molecule has 1 aliphatic heterocycles. The van der Waals surface area contributed by atoms with Crippen LogP contribution in [-0.4, -0.2) is 33.7 Å². The first-order chi connectivity index (χ1) is 8.13. The molecule has 17 heavy (non-hydrogen) atoms. The highest BCUT2D eigenvalue weighted by Gasteiger charge is 2.34. The monoisotopic (exact) mass is 235 g/mol. The number of phenolic OH excluding ortho intramolecular Hbond substituents is 1. The van der Waals surface area contributed by atoms with Crippen molar-refractivity contribution < 1.29 is 15.0 Å². The van der Waals surface area contributed by atoms with Crippen molar-refractivity contribution in [3.05, 3.63) is 29.8 Å². The second-order valence-corrected chi connectivity index (χ2v) is 4.33. The van der Waals surface area contributed by atoms with Gasteiger partial charge in [0, 0.05) is 13.0 Å². The van der Waals surface area contributed by atoms with E-state index in [0.29, 0.717) is 19.4 Å². The molecule has 1 amide bonds. The number of phenols is 1. The van der Waals surface area contributed by atoms with Crippen LogP contribution in [0.2, 0.25) is 0 Å². The van der Waals surface area contributed by atoms with Crippen molar-refractivity contribution in [1.29, 1.82) is 0 Å². The highest BCUT2D eigenvalue weighted by molar-refractivity contribution is 5.77. The molecule has 0 bridgehead atoms. The lowest BCUT2D eigenvalue weighted by Crippen LogP contribution is -2.45. The summed E-state index contributed by atoms with van der Waals surface area (Å²) in [5.74, 6) is 0.218. The number of hydrogen-bond acceptors (Lipinski definition) is 3. The Morgan fingerprint density at radius 2 is 2.24 bits per heavy atom. The molecule has 4 nitrogen and oxygen atoms in total. The Hall–Kier alpha value is -1.55. The van der Waals surface area contributed by atoms with Gasteiger partial charge in [-0.2, -0.15) is 0 Å². The Labute approximate surface area is 100 Å². The van der Waals surface area contributed by atoms with Gasteiger partial charge in [0.15, 0.2) is 0 Å². The molecule has 1 fully saturated rings. The maximum absolute atomic E-state index is 11.8. The number of piperidine rings is 1. The zero-order chi connectivity index (χ0) is 12.4. The Bertz CT molecular complexity index is 419. The summed E-state index contributed by atoms with van der Waals surface area (Å²) in [7, 11) is 0.